The van der Waals surface area contributed by atoms with Gasteiger partial charge in [0.2, 0.25) is 0 Å². The largest absolute Gasteiger partial charge is 0.462 e. The van der Waals surface area contributed by atoms with Crippen molar-refractivity contribution >= 4 is 17.9 Å². The molecule has 0 aromatic rings. The maximum absolute atomic E-state index is 12.8. The van der Waals surface area contributed by atoms with Crippen LogP contribution < -0.4 is 0 Å². The van der Waals surface area contributed by atoms with Crippen molar-refractivity contribution in [2.75, 3.05) is 13.2 Å². The first-order valence-corrected chi connectivity index (χ1v) is 25.0. The highest BCUT2D eigenvalue weighted by atomic mass is 16.6. The lowest BCUT2D eigenvalue weighted by molar-refractivity contribution is -0.167. The van der Waals surface area contributed by atoms with Crippen molar-refractivity contribution in [3.8, 4) is 0 Å². The van der Waals surface area contributed by atoms with Crippen molar-refractivity contribution in [3.05, 3.63) is 72.9 Å². The van der Waals surface area contributed by atoms with Crippen LogP contribution in [0.5, 0.6) is 0 Å². The first-order chi connectivity index (χ1) is 29.5. The van der Waals surface area contributed by atoms with E-state index in [0.29, 0.717) is 19.3 Å². The van der Waals surface area contributed by atoms with Crippen molar-refractivity contribution < 1.29 is 28.6 Å². The van der Waals surface area contributed by atoms with Gasteiger partial charge >= 0.3 is 17.9 Å². The van der Waals surface area contributed by atoms with Gasteiger partial charge in [0.1, 0.15) is 13.2 Å². The Kier molecular flexibility index (Phi) is 46.0. The summed E-state index contributed by atoms with van der Waals surface area (Å²) in [6.07, 6.45) is 60.2. The summed E-state index contributed by atoms with van der Waals surface area (Å²) in [4.78, 5) is 37.9. The Morgan fingerprint density at radius 1 is 0.367 bits per heavy atom. The van der Waals surface area contributed by atoms with E-state index in [1.807, 2.05) is 0 Å². The molecule has 0 amide bonds. The molecule has 0 bridgehead atoms. The normalized spacial score (nSPS) is 12.7. The van der Waals surface area contributed by atoms with Gasteiger partial charge in [0, 0.05) is 19.3 Å². The Morgan fingerprint density at radius 3 is 1.18 bits per heavy atom. The first-order valence-electron chi connectivity index (χ1n) is 25.0. The Hall–Kier alpha value is -3.15. The topological polar surface area (TPSA) is 78.9 Å². The highest BCUT2D eigenvalue weighted by Crippen LogP contribution is 2.13. The average molecular weight is 837 g/mol. The average Bonchev–Trinajstić information content (AvgIpc) is 3.24. The molecule has 1 atom stereocenters. The number of carbonyl (C=O) groups excluding carboxylic acids is 3. The smallest absolute Gasteiger partial charge is 0.306 e. The number of rotatable bonds is 44. The summed E-state index contributed by atoms with van der Waals surface area (Å²) >= 11 is 0. The second-order valence-electron chi connectivity index (χ2n) is 16.4. The Balaban J connectivity index is 4.46. The summed E-state index contributed by atoms with van der Waals surface area (Å²) in [6, 6.07) is 0. The van der Waals surface area contributed by atoms with E-state index in [1.165, 1.54) is 83.5 Å². The van der Waals surface area contributed by atoms with Crippen molar-refractivity contribution in [2.45, 2.75) is 239 Å². The van der Waals surface area contributed by atoms with Gasteiger partial charge in [0.05, 0.1) is 0 Å². The molecule has 1 unspecified atom stereocenters. The van der Waals surface area contributed by atoms with E-state index >= 15 is 0 Å². The van der Waals surface area contributed by atoms with Crippen LogP contribution in [0.2, 0.25) is 0 Å². The third-order valence-electron chi connectivity index (χ3n) is 10.4. The second kappa shape index (κ2) is 48.5. The molecule has 344 valence electrons. The molecule has 0 rings (SSSR count). The lowest BCUT2D eigenvalue weighted by atomic mass is 10.1. The van der Waals surface area contributed by atoms with E-state index in [9.17, 15) is 14.4 Å². The van der Waals surface area contributed by atoms with Gasteiger partial charge < -0.3 is 14.2 Å². The van der Waals surface area contributed by atoms with Gasteiger partial charge in [0.25, 0.3) is 0 Å². The molecular weight excluding hydrogens is 745 g/mol. The van der Waals surface area contributed by atoms with Crippen molar-refractivity contribution in [1.82, 2.24) is 0 Å². The number of hydrogen-bond donors (Lipinski definition) is 0. The zero-order valence-electron chi connectivity index (χ0n) is 39.2. The van der Waals surface area contributed by atoms with E-state index in [2.05, 4.69) is 93.7 Å². The Bertz CT molecular complexity index is 1140. The summed E-state index contributed by atoms with van der Waals surface area (Å²) < 4.78 is 16.7. The fourth-order valence-electron chi connectivity index (χ4n) is 6.68. The molecule has 0 saturated carbocycles. The predicted molar refractivity (Wildman–Crippen MR) is 256 cm³/mol. The number of esters is 3. The molecule has 0 heterocycles. The van der Waals surface area contributed by atoms with Crippen LogP contribution >= 0.6 is 0 Å². The van der Waals surface area contributed by atoms with Crippen LogP contribution in [0.4, 0.5) is 0 Å². The number of unbranched alkanes of at least 4 members (excludes halogenated alkanes) is 22. The third-order valence-corrected chi connectivity index (χ3v) is 10.4. The molecule has 0 aliphatic heterocycles. The van der Waals surface area contributed by atoms with Crippen LogP contribution in [0.15, 0.2) is 72.9 Å². The summed E-state index contributed by atoms with van der Waals surface area (Å²) in [6.45, 7) is 6.44. The second-order valence-corrected chi connectivity index (χ2v) is 16.4. The molecule has 0 N–H and O–H groups in total. The minimum absolute atomic E-state index is 0.0959. The van der Waals surface area contributed by atoms with Gasteiger partial charge in [-0.3, -0.25) is 14.4 Å². The van der Waals surface area contributed by atoms with Crippen LogP contribution in [0.1, 0.15) is 233 Å². The van der Waals surface area contributed by atoms with E-state index in [-0.39, 0.29) is 31.1 Å². The van der Waals surface area contributed by atoms with Gasteiger partial charge in [-0.25, -0.2) is 0 Å². The van der Waals surface area contributed by atoms with Crippen LogP contribution in [0.25, 0.3) is 0 Å². The van der Waals surface area contributed by atoms with Crippen molar-refractivity contribution in [2.24, 2.45) is 0 Å². The Morgan fingerprint density at radius 2 is 0.700 bits per heavy atom. The fraction of sp³-hybridized carbons (Fsp3) is 0.722. The predicted octanol–water partition coefficient (Wildman–Crippen LogP) is 16.3. The van der Waals surface area contributed by atoms with Gasteiger partial charge in [0.15, 0.2) is 6.10 Å². The zero-order valence-corrected chi connectivity index (χ0v) is 39.2. The van der Waals surface area contributed by atoms with Crippen molar-refractivity contribution in [3.63, 3.8) is 0 Å². The molecule has 0 spiro atoms. The van der Waals surface area contributed by atoms with Crippen LogP contribution in [-0.2, 0) is 28.6 Å². The van der Waals surface area contributed by atoms with E-state index < -0.39 is 6.10 Å². The van der Waals surface area contributed by atoms with Crippen LogP contribution in [0.3, 0.4) is 0 Å². The molecule has 6 heteroatoms. The van der Waals surface area contributed by atoms with E-state index in [0.717, 1.165) is 109 Å². The first kappa shape index (κ1) is 56.9. The van der Waals surface area contributed by atoms with E-state index in [1.54, 1.807) is 0 Å². The molecule has 0 aromatic carbocycles. The van der Waals surface area contributed by atoms with Gasteiger partial charge in [-0.05, 0) is 103 Å². The number of carbonyl (C=O) groups is 3. The fourth-order valence-corrected chi connectivity index (χ4v) is 6.68. The molecule has 0 radical (unpaired) electrons. The molecule has 0 aromatic heterocycles. The summed E-state index contributed by atoms with van der Waals surface area (Å²) in [5.41, 5.74) is 0. The summed E-state index contributed by atoms with van der Waals surface area (Å²) in [5, 5.41) is 0. The Labute approximate surface area is 370 Å². The summed E-state index contributed by atoms with van der Waals surface area (Å²) in [5.74, 6) is -0.946. The molecule has 0 aliphatic carbocycles. The number of ether oxygens (including phenoxy) is 3. The van der Waals surface area contributed by atoms with E-state index in [4.69, 9.17) is 14.2 Å². The molecule has 60 heavy (non-hydrogen) atoms. The highest BCUT2D eigenvalue weighted by molar-refractivity contribution is 5.71. The van der Waals surface area contributed by atoms with Crippen LogP contribution in [-0.4, -0.2) is 37.2 Å². The van der Waals surface area contributed by atoms with Crippen molar-refractivity contribution in [1.29, 1.82) is 0 Å². The standard InChI is InChI=1S/C54H92O6/c1-4-7-10-13-16-19-22-25-27-30-32-35-38-41-44-47-53(56)59-50-51(49-58-52(55)46-43-40-37-34-31-28-24-21-18-15-12-9-6-3)60-54(57)48-45-42-39-36-33-29-26-23-20-17-14-11-8-5-2/h8,11,16-17,19-20,22,25-26,28-29,31,51H,4-7,9-10,12-15,18,21,23-24,27,30,32-50H2,1-3H3/b11-8-,19-16-,20-17-,25-22-,29-26-,31-28-. The monoisotopic (exact) mass is 837 g/mol. The van der Waals surface area contributed by atoms with Gasteiger partial charge in [-0.15, -0.1) is 0 Å². The lowest BCUT2D eigenvalue weighted by Crippen LogP contribution is -2.30. The summed E-state index contributed by atoms with van der Waals surface area (Å²) in [7, 11) is 0. The molecule has 6 nitrogen and oxygen atoms in total. The zero-order chi connectivity index (χ0) is 43.7. The maximum atomic E-state index is 12.8. The maximum Gasteiger partial charge on any atom is 0.306 e. The SMILES string of the molecule is CC/C=C\C/C=C\C/C=C\CCCCCCC(=O)OC(COC(=O)CCCCC/C=C\CCCCCCCC)COC(=O)CCCCCCCC/C=C\C=C/CCCCC. The van der Waals surface area contributed by atoms with Crippen LogP contribution in [0, 0.1) is 0 Å². The molecular formula is C54H92O6. The number of allylic oxidation sites excluding steroid dienone is 12. The highest BCUT2D eigenvalue weighted by Gasteiger charge is 2.19. The molecule has 0 fully saturated rings. The quantitative estimate of drug-likeness (QED) is 0.0200. The van der Waals surface area contributed by atoms with Gasteiger partial charge in [-0.1, -0.05) is 184 Å². The lowest BCUT2D eigenvalue weighted by Gasteiger charge is -2.18. The minimum Gasteiger partial charge on any atom is -0.462 e. The van der Waals surface area contributed by atoms with Gasteiger partial charge in [-0.2, -0.15) is 0 Å². The molecule has 0 aliphatic rings. The third kappa shape index (κ3) is 45.9. The minimum atomic E-state index is -0.797. The number of hydrogen-bond acceptors (Lipinski definition) is 6. The molecule has 0 saturated heterocycles.